The van der Waals surface area contributed by atoms with E-state index in [1.807, 2.05) is 0 Å². The third kappa shape index (κ3) is 1.41. The molecule has 2 aromatic rings. The van der Waals surface area contributed by atoms with Gasteiger partial charge in [0.25, 0.3) is 0 Å². The molecule has 0 aliphatic carbocycles. The van der Waals surface area contributed by atoms with Crippen molar-refractivity contribution in [2.75, 3.05) is 6.54 Å². The summed E-state index contributed by atoms with van der Waals surface area (Å²) in [6, 6.07) is 10.2. The normalized spacial score (nSPS) is 39.0. The summed E-state index contributed by atoms with van der Waals surface area (Å²) in [5.41, 5.74) is 6.12. The Balaban J connectivity index is 1.70. The fraction of sp³-hybridized carbons (Fsp3) is 0.474. The first-order chi connectivity index (χ1) is 10.3. The second-order valence-electron chi connectivity index (χ2n) is 7.09. The zero-order valence-electron chi connectivity index (χ0n) is 12.8. The number of para-hydroxylation sites is 1. The molecule has 3 fully saturated rings. The van der Waals surface area contributed by atoms with E-state index < -0.39 is 0 Å². The van der Waals surface area contributed by atoms with Crippen molar-refractivity contribution in [3.05, 3.63) is 47.2 Å². The van der Waals surface area contributed by atoms with Crippen LogP contribution in [0.25, 0.3) is 10.9 Å². The average molecular weight is 278 g/mol. The van der Waals surface area contributed by atoms with E-state index in [0.717, 1.165) is 17.9 Å². The molecule has 108 valence electrons. The van der Waals surface area contributed by atoms with E-state index >= 15 is 0 Å². The van der Waals surface area contributed by atoms with Crippen LogP contribution in [-0.2, 0) is 6.42 Å². The number of allylic oxidation sites excluding steroid dienone is 1. The van der Waals surface area contributed by atoms with Crippen molar-refractivity contribution in [3.63, 3.8) is 0 Å². The molecule has 2 nitrogen and oxygen atoms in total. The summed E-state index contributed by atoms with van der Waals surface area (Å²) >= 11 is 0. The zero-order chi connectivity index (χ0) is 14.1. The summed E-state index contributed by atoms with van der Waals surface area (Å²) in [7, 11) is 0. The highest BCUT2D eigenvalue weighted by Crippen LogP contribution is 2.53. The third-order valence-electron chi connectivity index (χ3n) is 6.35. The lowest BCUT2D eigenvalue weighted by Crippen LogP contribution is -2.59. The highest BCUT2D eigenvalue weighted by Gasteiger charge is 2.51. The Labute approximate surface area is 125 Å². The molecule has 5 heterocycles. The molecular weight excluding hydrogens is 256 g/mol. The van der Waals surface area contributed by atoms with Crippen LogP contribution in [0.2, 0.25) is 0 Å². The van der Waals surface area contributed by atoms with Crippen molar-refractivity contribution < 1.29 is 0 Å². The fourth-order valence-electron chi connectivity index (χ4n) is 5.26. The third-order valence-corrected chi connectivity index (χ3v) is 6.35. The Morgan fingerprint density at radius 2 is 2.14 bits per heavy atom. The molecule has 1 N–H and O–H groups in total. The van der Waals surface area contributed by atoms with Gasteiger partial charge in [-0.2, -0.15) is 0 Å². The number of hydrogen-bond acceptors (Lipinski definition) is 1. The van der Waals surface area contributed by atoms with E-state index in [9.17, 15) is 0 Å². The summed E-state index contributed by atoms with van der Waals surface area (Å²) < 4.78 is 0. The van der Waals surface area contributed by atoms with Crippen molar-refractivity contribution in [2.24, 2.45) is 11.8 Å². The van der Waals surface area contributed by atoms with E-state index in [4.69, 9.17) is 0 Å². The van der Waals surface area contributed by atoms with Gasteiger partial charge in [-0.15, -0.1) is 0 Å². The summed E-state index contributed by atoms with van der Waals surface area (Å²) in [6.45, 7) is 5.88. The predicted octanol–water partition coefficient (Wildman–Crippen LogP) is 4.05. The van der Waals surface area contributed by atoms with Crippen LogP contribution in [0.15, 0.2) is 35.9 Å². The van der Waals surface area contributed by atoms with Crippen LogP contribution < -0.4 is 0 Å². The number of hydrogen-bond donors (Lipinski definition) is 1. The van der Waals surface area contributed by atoms with Gasteiger partial charge < -0.3 is 4.98 Å². The number of rotatable bonds is 0. The molecule has 0 spiro atoms. The van der Waals surface area contributed by atoms with Crippen LogP contribution in [0.5, 0.6) is 0 Å². The van der Waals surface area contributed by atoms with Crippen molar-refractivity contribution in [1.29, 1.82) is 0 Å². The molecule has 2 heteroatoms. The lowest BCUT2D eigenvalue weighted by Gasteiger charge is -2.58. The van der Waals surface area contributed by atoms with Gasteiger partial charge in [0, 0.05) is 29.2 Å². The zero-order valence-corrected chi connectivity index (χ0v) is 12.8. The molecule has 0 amide bonds. The van der Waals surface area contributed by atoms with Gasteiger partial charge >= 0.3 is 0 Å². The summed E-state index contributed by atoms with van der Waals surface area (Å²) in [6.07, 6.45) is 4.90. The van der Waals surface area contributed by atoms with Gasteiger partial charge in [-0.05, 0) is 43.2 Å². The lowest BCUT2D eigenvalue weighted by atomic mass is 9.64. The molecular formula is C19H22N2. The highest BCUT2D eigenvalue weighted by atomic mass is 15.2. The first-order valence-corrected chi connectivity index (χ1v) is 8.28. The van der Waals surface area contributed by atoms with Gasteiger partial charge in [0.1, 0.15) is 0 Å². The Hall–Kier alpha value is -1.54. The second-order valence-corrected chi connectivity index (χ2v) is 7.09. The number of piperidine rings is 3. The van der Waals surface area contributed by atoms with E-state index in [0.29, 0.717) is 6.04 Å². The number of aromatic nitrogens is 1. The molecule has 1 aromatic heterocycles. The number of fused-ring (bicyclic) bond motifs is 4. The van der Waals surface area contributed by atoms with Gasteiger partial charge in [0.2, 0.25) is 0 Å². The monoisotopic (exact) mass is 278 g/mol. The first-order valence-electron chi connectivity index (χ1n) is 8.28. The van der Waals surface area contributed by atoms with E-state index in [1.165, 1.54) is 36.0 Å². The first kappa shape index (κ1) is 12.0. The minimum atomic E-state index is 0.621. The maximum atomic E-state index is 3.74. The van der Waals surface area contributed by atoms with Crippen LogP contribution >= 0.6 is 0 Å². The molecule has 4 aliphatic rings. The Kier molecular flexibility index (Phi) is 2.30. The van der Waals surface area contributed by atoms with Crippen molar-refractivity contribution in [1.82, 2.24) is 9.88 Å². The molecule has 1 aromatic carbocycles. The largest absolute Gasteiger partial charge is 0.357 e. The van der Waals surface area contributed by atoms with Crippen molar-refractivity contribution >= 4 is 10.9 Å². The molecule has 5 atom stereocenters. The number of nitrogens with zero attached hydrogens (tertiary/aromatic N) is 1. The number of nitrogens with one attached hydrogen (secondary N) is 1. The van der Waals surface area contributed by atoms with Gasteiger partial charge in [-0.1, -0.05) is 36.8 Å². The fourth-order valence-corrected chi connectivity index (χ4v) is 5.26. The van der Waals surface area contributed by atoms with E-state index in [1.54, 1.807) is 11.1 Å². The quantitative estimate of drug-likeness (QED) is 0.720. The molecule has 4 bridgehead atoms. The number of benzene rings is 1. The van der Waals surface area contributed by atoms with Crippen LogP contribution in [-0.4, -0.2) is 22.5 Å². The second kappa shape index (κ2) is 4.01. The molecule has 3 saturated heterocycles. The minimum absolute atomic E-state index is 0.621. The average Bonchev–Trinajstić information content (AvgIpc) is 2.89. The molecule has 6 rings (SSSR count). The van der Waals surface area contributed by atoms with Crippen LogP contribution in [0.3, 0.4) is 0 Å². The van der Waals surface area contributed by atoms with Gasteiger partial charge in [-0.25, -0.2) is 0 Å². The van der Waals surface area contributed by atoms with Crippen LogP contribution in [0, 0.1) is 11.8 Å². The molecule has 21 heavy (non-hydrogen) atoms. The standard InChI is InChI=1S/C19H22N2/c1-3-12-10-21-17-9-15-13-6-4-5-7-16(13)20-19(15)18(21)8-14(12)11(17)2/h3-7,11,14,17-18,20H,8-10H2,1-2H3/b12-3-/t11-,14-,17-,18+/m1/s1. The minimum Gasteiger partial charge on any atom is -0.357 e. The molecule has 0 radical (unpaired) electrons. The van der Waals surface area contributed by atoms with Gasteiger partial charge in [0.15, 0.2) is 0 Å². The van der Waals surface area contributed by atoms with Gasteiger partial charge in [0.05, 0.1) is 6.04 Å². The van der Waals surface area contributed by atoms with Crippen molar-refractivity contribution in [2.45, 2.75) is 38.8 Å². The summed E-state index contributed by atoms with van der Waals surface area (Å²) in [5, 5.41) is 1.46. The SMILES string of the molecule is C/C=C1/CN2[C@@H]3Cc4c([nH]c5ccccc45)[C@@H]2C[C@@H]1[C@H]3C. The van der Waals surface area contributed by atoms with E-state index in [2.05, 4.69) is 54.1 Å². The number of H-pyrrole nitrogens is 1. The number of aromatic amines is 1. The highest BCUT2D eigenvalue weighted by molar-refractivity contribution is 5.85. The van der Waals surface area contributed by atoms with Crippen LogP contribution in [0.4, 0.5) is 0 Å². The van der Waals surface area contributed by atoms with Crippen molar-refractivity contribution in [3.8, 4) is 0 Å². The van der Waals surface area contributed by atoms with Crippen LogP contribution in [0.1, 0.15) is 37.6 Å². The topological polar surface area (TPSA) is 19.0 Å². The maximum Gasteiger partial charge on any atom is 0.0513 e. The Bertz CT molecular complexity index is 754. The lowest BCUT2D eigenvalue weighted by molar-refractivity contribution is -0.0238. The smallest absolute Gasteiger partial charge is 0.0513 e. The summed E-state index contributed by atoms with van der Waals surface area (Å²) in [5.74, 6) is 1.59. The Morgan fingerprint density at radius 3 is 3.00 bits per heavy atom. The van der Waals surface area contributed by atoms with E-state index in [-0.39, 0.29) is 0 Å². The molecule has 0 saturated carbocycles. The molecule has 4 aliphatic heterocycles. The summed E-state index contributed by atoms with van der Waals surface area (Å²) in [4.78, 5) is 6.52. The Morgan fingerprint density at radius 1 is 1.29 bits per heavy atom. The predicted molar refractivity (Wildman–Crippen MR) is 86.3 cm³/mol. The maximum absolute atomic E-state index is 3.74. The molecule has 1 unspecified atom stereocenters. The van der Waals surface area contributed by atoms with Gasteiger partial charge in [-0.3, -0.25) is 4.90 Å².